The number of halogens is 2. The summed E-state index contributed by atoms with van der Waals surface area (Å²) in [5, 5.41) is 0.236. The molecule has 1 aromatic heterocycles. The van der Waals surface area contributed by atoms with Crippen LogP contribution in [0, 0.1) is 5.82 Å². The molecule has 7 heteroatoms. The third-order valence-electron chi connectivity index (χ3n) is 5.40. The molecule has 3 aromatic rings. The van der Waals surface area contributed by atoms with Crippen LogP contribution in [0.4, 0.5) is 4.39 Å². The minimum atomic E-state index is -3.65. The zero-order valence-corrected chi connectivity index (χ0v) is 17.9. The highest BCUT2D eigenvalue weighted by Gasteiger charge is 2.32. The smallest absolute Gasteiger partial charge is 0.244 e. The van der Waals surface area contributed by atoms with Gasteiger partial charge in [-0.15, -0.1) is 0 Å². The number of pyridine rings is 1. The average Bonchev–Trinajstić information content (AvgIpc) is 2.75. The Labute approximate surface area is 181 Å². The Bertz CT molecular complexity index is 1140. The first-order valence-corrected chi connectivity index (χ1v) is 11.7. The van der Waals surface area contributed by atoms with Crippen molar-refractivity contribution in [2.24, 2.45) is 0 Å². The first-order valence-electron chi connectivity index (χ1n) is 9.87. The predicted molar refractivity (Wildman–Crippen MR) is 116 cm³/mol. The summed E-state index contributed by atoms with van der Waals surface area (Å²) in [5.74, 6) is -0.224. The van der Waals surface area contributed by atoms with Crippen molar-refractivity contribution in [3.63, 3.8) is 0 Å². The number of piperidine rings is 1. The minimum Gasteiger partial charge on any atom is -0.261 e. The van der Waals surface area contributed by atoms with Gasteiger partial charge in [0.1, 0.15) is 10.7 Å². The first kappa shape index (κ1) is 21.0. The molecule has 1 aliphatic heterocycles. The number of rotatable bonds is 5. The molecule has 2 heterocycles. The van der Waals surface area contributed by atoms with E-state index in [1.165, 1.54) is 16.4 Å². The molecule has 0 N–H and O–H groups in total. The molecule has 2 aromatic carbocycles. The fourth-order valence-corrected chi connectivity index (χ4v) is 5.88. The van der Waals surface area contributed by atoms with Crippen LogP contribution in [0.25, 0.3) is 0 Å². The summed E-state index contributed by atoms with van der Waals surface area (Å²) in [6.45, 7) is 0.853. The van der Waals surface area contributed by atoms with Crippen LogP contribution in [0.1, 0.15) is 35.6 Å². The number of hydrogen-bond acceptors (Lipinski definition) is 3. The second kappa shape index (κ2) is 8.84. The third-order valence-corrected chi connectivity index (χ3v) is 7.77. The van der Waals surface area contributed by atoms with Crippen LogP contribution in [0.5, 0.6) is 0 Å². The van der Waals surface area contributed by atoms with E-state index in [2.05, 4.69) is 4.98 Å². The van der Waals surface area contributed by atoms with Gasteiger partial charge in [0.25, 0.3) is 0 Å². The Balaban J connectivity index is 1.49. The molecule has 1 atom stereocenters. The predicted octanol–water partition coefficient (Wildman–Crippen LogP) is 5.03. The van der Waals surface area contributed by atoms with E-state index < -0.39 is 10.0 Å². The molecular formula is C23H22ClFN2O2S. The van der Waals surface area contributed by atoms with Gasteiger partial charge in [0.05, 0.1) is 5.02 Å². The molecule has 0 spiro atoms. The number of aromatic nitrogens is 1. The van der Waals surface area contributed by atoms with Gasteiger partial charge in [0.15, 0.2) is 0 Å². The van der Waals surface area contributed by atoms with Crippen molar-refractivity contribution in [1.82, 2.24) is 9.29 Å². The monoisotopic (exact) mass is 444 g/mol. The highest BCUT2D eigenvalue weighted by atomic mass is 35.5. The Kier molecular flexibility index (Phi) is 6.18. The van der Waals surface area contributed by atoms with Gasteiger partial charge in [-0.3, -0.25) is 4.98 Å². The topological polar surface area (TPSA) is 50.3 Å². The lowest BCUT2D eigenvalue weighted by Crippen LogP contribution is -2.39. The van der Waals surface area contributed by atoms with E-state index in [4.69, 9.17) is 11.6 Å². The summed E-state index contributed by atoms with van der Waals surface area (Å²) in [6.07, 6.45) is 4.04. The molecule has 0 bridgehead atoms. The molecule has 1 fully saturated rings. The van der Waals surface area contributed by atoms with Gasteiger partial charge in [0, 0.05) is 30.9 Å². The van der Waals surface area contributed by atoms with Crippen molar-refractivity contribution in [3.8, 4) is 0 Å². The first-order chi connectivity index (χ1) is 14.4. The van der Waals surface area contributed by atoms with Gasteiger partial charge < -0.3 is 0 Å². The van der Waals surface area contributed by atoms with Crippen molar-refractivity contribution in [3.05, 3.63) is 94.5 Å². The van der Waals surface area contributed by atoms with E-state index in [9.17, 15) is 12.8 Å². The summed E-state index contributed by atoms with van der Waals surface area (Å²) in [5.41, 5.74) is 2.75. The van der Waals surface area contributed by atoms with Crippen LogP contribution in [-0.2, 0) is 16.4 Å². The van der Waals surface area contributed by atoms with Crippen molar-refractivity contribution in [1.29, 1.82) is 0 Å². The summed E-state index contributed by atoms with van der Waals surface area (Å²) >= 11 is 6.13. The van der Waals surface area contributed by atoms with Crippen LogP contribution in [0.15, 0.2) is 71.8 Å². The van der Waals surface area contributed by atoms with Crippen LogP contribution in [0.3, 0.4) is 0 Å². The second-order valence-electron chi connectivity index (χ2n) is 7.53. The number of benzene rings is 2. The highest BCUT2D eigenvalue weighted by Crippen LogP contribution is 2.31. The van der Waals surface area contributed by atoms with Crippen LogP contribution < -0.4 is 0 Å². The van der Waals surface area contributed by atoms with E-state index in [-0.39, 0.29) is 21.7 Å². The van der Waals surface area contributed by atoms with Gasteiger partial charge in [-0.25, -0.2) is 12.8 Å². The zero-order chi connectivity index (χ0) is 21.1. The molecule has 4 rings (SSSR count). The number of hydrogen-bond donors (Lipinski definition) is 0. The molecule has 1 unspecified atom stereocenters. The van der Waals surface area contributed by atoms with E-state index in [0.717, 1.165) is 29.7 Å². The van der Waals surface area contributed by atoms with E-state index in [1.54, 1.807) is 36.5 Å². The average molecular weight is 445 g/mol. The molecule has 1 aliphatic rings. The summed E-state index contributed by atoms with van der Waals surface area (Å²) < 4.78 is 41.0. The van der Waals surface area contributed by atoms with Crippen LogP contribution in [-0.4, -0.2) is 30.8 Å². The normalized spacial score (nSPS) is 17.7. The van der Waals surface area contributed by atoms with Gasteiger partial charge in [0.2, 0.25) is 10.0 Å². The Hall–Kier alpha value is -2.28. The lowest BCUT2D eigenvalue weighted by Gasteiger charge is -2.32. The van der Waals surface area contributed by atoms with Gasteiger partial charge in [-0.05, 0) is 60.7 Å². The van der Waals surface area contributed by atoms with Gasteiger partial charge in [-0.1, -0.05) is 41.9 Å². The number of nitrogens with zero attached hydrogens (tertiary/aromatic N) is 2. The van der Waals surface area contributed by atoms with E-state index in [0.29, 0.717) is 19.5 Å². The fourth-order valence-electron chi connectivity index (χ4n) is 3.86. The maximum atomic E-state index is 13.4. The Morgan fingerprint density at radius 3 is 2.63 bits per heavy atom. The van der Waals surface area contributed by atoms with Gasteiger partial charge in [-0.2, -0.15) is 4.31 Å². The van der Waals surface area contributed by atoms with Gasteiger partial charge >= 0.3 is 0 Å². The SMILES string of the molecule is O=S(=O)(c1ccccc1Cl)N1CCCC(c2ccc(Cc3cccc(F)c3)cn2)C1. The molecule has 0 radical (unpaired) electrons. The molecule has 1 saturated heterocycles. The lowest BCUT2D eigenvalue weighted by atomic mass is 9.95. The third kappa shape index (κ3) is 4.56. The van der Waals surface area contributed by atoms with E-state index in [1.807, 2.05) is 18.2 Å². The number of sulfonamides is 1. The molecule has 156 valence electrons. The Morgan fingerprint density at radius 1 is 1.07 bits per heavy atom. The highest BCUT2D eigenvalue weighted by molar-refractivity contribution is 7.89. The fraction of sp³-hybridized carbons (Fsp3) is 0.261. The molecule has 0 amide bonds. The summed E-state index contributed by atoms with van der Waals surface area (Å²) in [7, 11) is -3.65. The van der Waals surface area contributed by atoms with Crippen LogP contribution in [0.2, 0.25) is 5.02 Å². The van der Waals surface area contributed by atoms with Crippen molar-refractivity contribution < 1.29 is 12.8 Å². The molecular weight excluding hydrogens is 423 g/mol. The van der Waals surface area contributed by atoms with Crippen LogP contribution >= 0.6 is 11.6 Å². The maximum absolute atomic E-state index is 13.4. The molecule has 0 aliphatic carbocycles. The summed E-state index contributed by atoms with van der Waals surface area (Å²) in [4.78, 5) is 4.73. The Morgan fingerprint density at radius 2 is 1.90 bits per heavy atom. The second-order valence-corrected chi connectivity index (χ2v) is 9.84. The van der Waals surface area contributed by atoms with Crippen molar-refractivity contribution >= 4 is 21.6 Å². The van der Waals surface area contributed by atoms with E-state index >= 15 is 0 Å². The summed E-state index contributed by atoms with van der Waals surface area (Å²) in [6, 6.07) is 17.0. The molecule has 0 saturated carbocycles. The zero-order valence-electron chi connectivity index (χ0n) is 16.3. The molecule has 4 nitrogen and oxygen atoms in total. The van der Waals surface area contributed by atoms with Crippen molar-refractivity contribution in [2.75, 3.05) is 13.1 Å². The maximum Gasteiger partial charge on any atom is 0.244 e. The minimum absolute atomic E-state index is 0.0271. The largest absolute Gasteiger partial charge is 0.261 e. The van der Waals surface area contributed by atoms with Crippen molar-refractivity contribution in [2.45, 2.75) is 30.1 Å². The lowest BCUT2D eigenvalue weighted by molar-refractivity contribution is 0.312. The standard InChI is InChI=1S/C23H22ClFN2O2S/c24-21-8-1-2-9-23(21)30(28,29)27-12-4-6-19(16-27)22-11-10-18(15-26-22)13-17-5-3-7-20(25)14-17/h1-3,5,7-11,14-15,19H,4,6,12-13,16H2. The quantitative estimate of drug-likeness (QED) is 0.554. The molecule has 30 heavy (non-hydrogen) atoms.